The Labute approximate surface area is 156 Å². The zero-order valence-corrected chi connectivity index (χ0v) is 15.6. The molecule has 1 amide bonds. The van der Waals surface area contributed by atoms with E-state index in [4.69, 9.17) is 0 Å². The molecule has 1 atom stereocenters. The molecule has 0 radical (unpaired) electrons. The van der Waals surface area contributed by atoms with Crippen molar-refractivity contribution in [2.24, 2.45) is 5.92 Å². The van der Waals surface area contributed by atoms with Gasteiger partial charge >= 0.3 is 6.18 Å². The number of rotatable bonds is 5. The summed E-state index contributed by atoms with van der Waals surface area (Å²) >= 11 is 0. The van der Waals surface area contributed by atoms with Crippen molar-refractivity contribution < 1.29 is 18.0 Å². The summed E-state index contributed by atoms with van der Waals surface area (Å²) in [5.74, 6) is -0.469. The van der Waals surface area contributed by atoms with Gasteiger partial charge < -0.3 is 5.32 Å². The van der Waals surface area contributed by atoms with Crippen molar-refractivity contribution >= 4 is 11.6 Å². The highest BCUT2D eigenvalue weighted by molar-refractivity contribution is 5.92. The van der Waals surface area contributed by atoms with E-state index in [-0.39, 0.29) is 11.8 Å². The number of anilines is 1. The van der Waals surface area contributed by atoms with Crippen LogP contribution in [0.2, 0.25) is 0 Å². The second-order valence-corrected chi connectivity index (χ2v) is 7.20. The van der Waals surface area contributed by atoms with Crippen LogP contribution in [0.15, 0.2) is 24.3 Å². The number of carbonyl (C=O) groups is 1. The molecule has 1 unspecified atom stereocenters. The third-order valence-electron chi connectivity index (χ3n) is 5.15. The topological polar surface area (TPSA) is 46.9 Å². The van der Waals surface area contributed by atoms with Crippen molar-refractivity contribution in [1.29, 1.82) is 0 Å². The first-order chi connectivity index (χ1) is 12.8. The molecule has 0 saturated carbocycles. The minimum Gasteiger partial charge on any atom is -0.326 e. The number of para-hydroxylation sites is 1. The van der Waals surface area contributed by atoms with Gasteiger partial charge in [-0.05, 0) is 50.7 Å². The first kappa shape index (κ1) is 19.5. The first-order valence-corrected chi connectivity index (χ1v) is 9.29. The number of hydrogen-bond acceptors (Lipinski definition) is 2. The van der Waals surface area contributed by atoms with Gasteiger partial charge in [0.25, 0.3) is 0 Å². The van der Waals surface area contributed by atoms with E-state index in [0.717, 1.165) is 24.1 Å². The Balaban J connectivity index is 1.68. The van der Waals surface area contributed by atoms with Crippen LogP contribution in [0.25, 0.3) is 0 Å². The van der Waals surface area contributed by atoms with Crippen LogP contribution in [0.1, 0.15) is 48.7 Å². The molecule has 0 spiro atoms. The Morgan fingerprint density at radius 2 is 1.96 bits per heavy atom. The van der Waals surface area contributed by atoms with Gasteiger partial charge in [0, 0.05) is 29.4 Å². The van der Waals surface area contributed by atoms with Crippen molar-refractivity contribution in [3.05, 3.63) is 46.8 Å². The molecule has 1 aliphatic carbocycles. The number of nitrogens with one attached hydrogen (secondary N) is 1. The van der Waals surface area contributed by atoms with Gasteiger partial charge in [0.2, 0.25) is 5.91 Å². The molecule has 1 aromatic heterocycles. The molecule has 4 nitrogen and oxygen atoms in total. The van der Waals surface area contributed by atoms with Crippen LogP contribution >= 0.6 is 0 Å². The fourth-order valence-corrected chi connectivity index (χ4v) is 3.50. The van der Waals surface area contributed by atoms with Crippen LogP contribution in [0.4, 0.5) is 18.9 Å². The van der Waals surface area contributed by atoms with Gasteiger partial charge in [-0.3, -0.25) is 9.48 Å². The van der Waals surface area contributed by atoms with Gasteiger partial charge in [-0.15, -0.1) is 0 Å². The summed E-state index contributed by atoms with van der Waals surface area (Å²) in [6.45, 7) is 4.00. The molecule has 0 bridgehead atoms. The summed E-state index contributed by atoms with van der Waals surface area (Å²) in [4.78, 5) is 12.4. The van der Waals surface area contributed by atoms with Crippen LogP contribution in [-0.2, 0) is 30.4 Å². The third kappa shape index (κ3) is 4.34. The van der Waals surface area contributed by atoms with Crippen molar-refractivity contribution in [2.75, 3.05) is 5.32 Å². The largest absolute Gasteiger partial charge is 0.435 e. The van der Waals surface area contributed by atoms with E-state index in [0.29, 0.717) is 37.1 Å². The van der Waals surface area contributed by atoms with Gasteiger partial charge in [0.15, 0.2) is 5.69 Å². The van der Waals surface area contributed by atoms with E-state index in [1.165, 1.54) is 4.68 Å². The van der Waals surface area contributed by atoms with Crippen molar-refractivity contribution in [3.8, 4) is 0 Å². The minimum atomic E-state index is -4.43. The normalized spacial score (nSPS) is 15.3. The van der Waals surface area contributed by atoms with Gasteiger partial charge in [-0.2, -0.15) is 18.3 Å². The van der Waals surface area contributed by atoms with E-state index in [2.05, 4.69) is 10.4 Å². The number of amides is 1. The summed E-state index contributed by atoms with van der Waals surface area (Å²) in [5.41, 5.74) is 1.99. The lowest BCUT2D eigenvalue weighted by atomic mass is 9.95. The van der Waals surface area contributed by atoms with Gasteiger partial charge in [0.1, 0.15) is 0 Å². The number of halogens is 3. The number of aryl methyl sites for hydroxylation is 2. The van der Waals surface area contributed by atoms with Gasteiger partial charge in [-0.25, -0.2) is 0 Å². The predicted molar refractivity (Wildman–Crippen MR) is 97.5 cm³/mol. The summed E-state index contributed by atoms with van der Waals surface area (Å²) < 4.78 is 41.2. The first-order valence-electron chi connectivity index (χ1n) is 9.29. The van der Waals surface area contributed by atoms with Crippen molar-refractivity contribution in [3.63, 3.8) is 0 Å². The number of benzene rings is 1. The SMILES string of the molecule is Cc1ccccc1NC(=O)C(C)CCn1nc(C(F)(F)F)c2c1CCCC2. The molecule has 3 rings (SSSR count). The van der Waals surface area contributed by atoms with Gasteiger partial charge in [0.05, 0.1) is 0 Å². The molecule has 0 aliphatic heterocycles. The molecule has 27 heavy (non-hydrogen) atoms. The lowest BCUT2D eigenvalue weighted by molar-refractivity contribution is -0.142. The maximum atomic E-state index is 13.3. The van der Waals surface area contributed by atoms with E-state index in [1.54, 1.807) is 6.92 Å². The van der Waals surface area contributed by atoms with Gasteiger partial charge in [-0.1, -0.05) is 25.1 Å². The van der Waals surface area contributed by atoms with Crippen LogP contribution < -0.4 is 5.32 Å². The Bertz CT molecular complexity index is 826. The highest BCUT2D eigenvalue weighted by Crippen LogP contribution is 2.36. The average Bonchev–Trinajstić information content (AvgIpc) is 3.01. The lowest BCUT2D eigenvalue weighted by Crippen LogP contribution is -2.23. The Kier molecular flexibility index (Phi) is 5.58. The summed E-state index contributed by atoms with van der Waals surface area (Å²) in [6, 6.07) is 7.49. The van der Waals surface area contributed by atoms with E-state index >= 15 is 0 Å². The second kappa shape index (κ2) is 7.74. The number of nitrogens with zero attached hydrogens (tertiary/aromatic N) is 2. The maximum Gasteiger partial charge on any atom is 0.435 e. The smallest absolute Gasteiger partial charge is 0.326 e. The predicted octanol–water partition coefficient (Wildman–Crippen LogP) is 4.75. The van der Waals surface area contributed by atoms with Crippen LogP contribution in [-0.4, -0.2) is 15.7 Å². The van der Waals surface area contributed by atoms with E-state index in [1.807, 2.05) is 31.2 Å². The minimum absolute atomic E-state index is 0.138. The number of aromatic nitrogens is 2. The molecule has 146 valence electrons. The lowest BCUT2D eigenvalue weighted by Gasteiger charge is -2.16. The standard InChI is InChI=1S/C20H24F3N3O/c1-13-7-3-5-9-16(13)24-19(27)14(2)11-12-26-17-10-6-4-8-15(17)18(25-26)20(21,22)23/h3,5,7,9,14H,4,6,8,10-12H2,1-2H3,(H,24,27). The molecule has 1 aliphatic rings. The number of hydrogen-bond donors (Lipinski definition) is 1. The molecule has 2 aromatic rings. The Morgan fingerprint density at radius 3 is 2.67 bits per heavy atom. The monoisotopic (exact) mass is 379 g/mol. The molecule has 0 fully saturated rings. The molecule has 0 saturated heterocycles. The molecular formula is C20H24F3N3O. The molecule has 1 N–H and O–H groups in total. The highest BCUT2D eigenvalue weighted by atomic mass is 19.4. The molecular weight excluding hydrogens is 355 g/mol. The van der Waals surface area contributed by atoms with Crippen molar-refractivity contribution in [2.45, 2.75) is 58.7 Å². The second-order valence-electron chi connectivity index (χ2n) is 7.20. The van der Waals surface area contributed by atoms with Crippen LogP contribution in [0.5, 0.6) is 0 Å². The average molecular weight is 379 g/mol. The Hall–Kier alpha value is -2.31. The third-order valence-corrected chi connectivity index (χ3v) is 5.15. The maximum absolute atomic E-state index is 13.3. The van der Waals surface area contributed by atoms with E-state index < -0.39 is 11.9 Å². The summed E-state index contributed by atoms with van der Waals surface area (Å²) in [6.07, 6.45) is -1.32. The van der Waals surface area contributed by atoms with Crippen molar-refractivity contribution in [1.82, 2.24) is 9.78 Å². The number of alkyl halides is 3. The quantitative estimate of drug-likeness (QED) is 0.815. The fourth-order valence-electron chi connectivity index (χ4n) is 3.50. The fraction of sp³-hybridized carbons (Fsp3) is 0.500. The zero-order valence-electron chi connectivity index (χ0n) is 15.6. The van der Waals surface area contributed by atoms with Crippen LogP contribution in [0.3, 0.4) is 0 Å². The molecule has 7 heteroatoms. The number of fused-ring (bicyclic) bond motifs is 1. The molecule has 1 heterocycles. The zero-order chi connectivity index (χ0) is 19.6. The summed E-state index contributed by atoms with van der Waals surface area (Å²) in [7, 11) is 0. The Morgan fingerprint density at radius 1 is 1.26 bits per heavy atom. The number of carbonyl (C=O) groups excluding carboxylic acids is 1. The summed E-state index contributed by atoms with van der Waals surface area (Å²) in [5, 5.41) is 6.74. The van der Waals surface area contributed by atoms with E-state index in [9.17, 15) is 18.0 Å². The van der Waals surface area contributed by atoms with Crippen LogP contribution in [0, 0.1) is 12.8 Å². The highest BCUT2D eigenvalue weighted by Gasteiger charge is 2.39. The molecule has 1 aromatic carbocycles.